The van der Waals surface area contributed by atoms with E-state index in [1.807, 2.05) is 0 Å². The molecule has 0 aliphatic rings. The van der Waals surface area contributed by atoms with Crippen LogP contribution in [0.5, 0.6) is 6.01 Å². The number of halogens is 5. The van der Waals surface area contributed by atoms with Gasteiger partial charge in [-0.2, -0.15) is 18.2 Å². The van der Waals surface area contributed by atoms with Crippen LogP contribution in [0.1, 0.15) is 1.37 Å². The number of hydrogen-bond donors (Lipinski definition) is 0. The summed E-state index contributed by atoms with van der Waals surface area (Å²) < 4.78 is 61.5. The Hall–Kier alpha value is -2.04. The van der Waals surface area contributed by atoms with Crippen molar-refractivity contribution in [2.45, 2.75) is 6.18 Å². The first-order valence-electron chi connectivity index (χ1n) is 5.60. The van der Waals surface area contributed by atoms with Gasteiger partial charge in [0.05, 0.1) is 6.29 Å². The van der Waals surface area contributed by atoms with Crippen LogP contribution < -0.4 is 4.74 Å². The average Bonchev–Trinajstić information content (AvgIpc) is 2.39. The molecule has 0 fully saturated rings. The molecule has 11 heteroatoms. The highest BCUT2D eigenvalue weighted by Gasteiger charge is 2.29. The molecule has 21 heavy (non-hydrogen) atoms. The average molecular weight is 371 g/mol. The number of alkyl halides is 3. The Kier molecular flexibility index (Phi) is 3.57. The maximum Gasteiger partial charge on any atom is 0.422 e. The van der Waals surface area contributed by atoms with E-state index in [1.165, 1.54) is 0 Å². The van der Waals surface area contributed by atoms with E-state index in [0.29, 0.717) is 0 Å². The number of rotatable bonds is 3. The van der Waals surface area contributed by atoms with Crippen molar-refractivity contribution >= 4 is 32.5 Å². The quantitative estimate of drug-likeness (QED) is 0.470. The van der Waals surface area contributed by atoms with Gasteiger partial charge in [-0.15, -0.1) is 0 Å². The van der Waals surface area contributed by atoms with Crippen molar-refractivity contribution in [2.75, 3.05) is 6.61 Å². The lowest BCUT2D eigenvalue weighted by Gasteiger charge is -2.08. The Labute approximate surface area is 123 Å². The first-order valence-corrected chi connectivity index (χ1v) is 5.89. The molecule has 1 aromatic heterocycles. The molecule has 0 spiro atoms. The first-order chi connectivity index (χ1) is 10.1. The maximum absolute atomic E-state index is 14.1. The molecule has 0 unspecified atom stereocenters. The lowest BCUT2D eigenvalue weighted by atomic mass is 10.2. The zero-order valence-electron chi connectivity index (χ0n) is 10.7. The zero-order valence-corrected chi connectivity index (χ0v) is 11.3. The van der Waals surface area contributed by atoms with E-state index in [2.05, 4.69) is 30.6 Å². The summed E-state index contributed by atoms with van der Waals surface area (Å²) in [6.45, 7) is -1.71. The molecule has 0 radical (unpaired) electrons. The predicted octanol–water partition coefficient (Wildman–Crippen LogP) is 3.38. The summed E-state index contributed by atoms with van der Waals surface area (Å²) in [5.74, 6) is -1.20. The number of hydrogen-bond acceptors (Lipinski definition) is 5. The Balaban J connectivity index is 2.57. The fourth-order valence-corrected chi connectivity index (χ4v) is 1.82. The molecular weight excluding hydrogens is 366 g/mol. The van der Waals surface area contributed by atoms with Crippen LogP contribution in [0.25, 0.3) is 10.9 Å². The lowest BCUT2D eigenvalue weighted by molar-refractivity contribution is -0.385. The molecule has 2 aromatic rings. The number of ether oxygens (including phenoxy) is 1. The molecule has 112 valence electrons. The summed E-state index contributed by atoms with van der Waals surface area (Å²) in [5, 5.41) is 10.4. The largest absolute Gasteiger partial charge is 0.454 e. The summed E-state index contributed by atoms with van der Waals surface area (Å²) >= 11 is 2.66. The van der Waals surface area contributed by atoms with Gasteiger partial charge in [-0.25, -0.2) is 9.37 Å². The zero-order chi connectivity index (χ0) is 16.7. The third-order valence-corrected chi connectivity index (χ3v) is 2.96. The molecule has 1 heterocycles. The standard InChI is InChI=1S/C10H4BrF4N3O3/c11-6-5(18(19)20)1-4-2-16-9(17-8(4)7(6)12)21-3-10(13,14)15/h1-2H,3H2/i2D. The molecule has 0 saturated carbocycles. The Morgan fingerprint density at radius 2 is 2.19 bits per heavy atom. The van der Waals surface area contributed by atoms with E-state index >= 15 is 0 Å². The molecule has 6 nitrogen and oxygen atoms in total. The van der Waals surface area contributed by atoms with Crippen LogP contribution in [0.3, 0.4) is 0 Å². The number of nitro groups is 1. The number of benzene rings is 1. The van der Waals surface area contributed by atoms with E-state index in [-0.39, 0.29) is 5.39 Å². The van der Waals surface area contributed by atoms with Crippen molar-refractivity contribution in [2.24, 2.45) is 0 Å². The van der Waals surface area contributed by atoms with Crippen molar-refractivity contribution in [3.63, 3.8) is 0 Å². The minimum atomic E-state index is -4.66. The fraction of sp³-hybridized carbons (Fsp3) is 0.200. The monoisotopic (exact) mass is 370 g/mol. The summed E-state index contributed by atoms with van der Waals surface area (Å²) in [6.07, 6.45) is -5.36. The maximum atomic E-state index is 14.1. The van der Waals surface area contributed by atoms with E-state index in [0.717, 1.165) is 6.07 Å². The first kappa shape index (κ1) is 13.9. The smallest absolute Gasteiger partial charge is 0.422 e. The number of nitrogens with zero attached hydrogens (tertiary/aromatic N) is 3. The van der Waals surface area contributed by atoms with Crippen LogP contribution in [0, 0.1) is 15.9 Å². The molecule has 0 saturated heterocycles. The van der Waals surface area contributed by atoms with Crippen LogP contribution in [0.15, 0.2) is 16.7 Å². The highest BCUT2D eigenvalue weighted by atomic mass is 79.9. The molecular formula is C10H4BrF4N3O3. The SMILES string of the molecule is [2H]c1nc(OCC(F)(F)F)nc2c(F)c(Br)c([N+](=O)[O-])cc12. The topological polar surface area (TPSA) is 78.2 Å². The van der Waals surface area contributed by atoms with Crippen LogP contribution in [-0.2, 0) is 0 Å². The van der Waals surface area contributed by atoms with Gasteiger partial charge in [-0.1, -0.05) is 0 Å². The number of fused-ring (bicyclic) bond motifs is 1. The second-order valence-corrected chi connectivity index (χ2v) is 4.49. The number of nitro benzene ring substituents is 1. The molecule has 0 N–H and O–H groups in total. The third kappa shape index (κ3) is 3.35. The summed E-state index contributed by atoms with van der Waals surface area (Å²) in [5.41, 5.74) is -1.22. The molecule has 2 rings (SSSR count). The van der Waals surface area contributed by atoms with Gasteiger partial charge in [0, 0.05) is 17.6 Å². The van der Waals surface area contributed by atoms with Gasteiger partial charge in [0.15, 0.2) is 12.4 Å². The van der Waals surface area contributed by atoms with E-state index < -0.39 is 51.4 Å². The van der Waals surface area contributed by atoms with Crippen molar-refractivity contribution in [1.82, 2.24) is 9.97 Å². The normalized spacial score (nSPS) is 12.3. The molecule has 1 aromatic carbocycles. The van der Waals surface area contributed by atoms with Crippen LogP contribution in [0.4, 0.5) is 23.2 Å². The van der Waals surface area contributed by atoms with Gasteiger partial charge < -0.3 is 4.74 Å². The van der Waals surface area contributed by atoms with Crippen molar-refractivity contribution < 1.29 is 28.6 Å². The Morgan fingerprint density at radius 3 is 2.76 bits per heavy atom. The molecule has 0 aliphatic heterocycles. The van der Waals surface area contributed by atoms with Gasteiger partial charge in [0.2, 0.25) is 0 Å². The van der Waals surface area contributed by atoms with E-state index in [1.54, 1.807) is 0 Å². The van der Waals surface area contributed by atoms with Crippen molar-refractivity contribution in [3.05, 3.63) is 32.6 Å². The van der Waals surface area contributed by atoms with E-state index in [9.17, 15) is 27.7 Å². The molecule has 0 atom stereocenters. The number of aromatic nitrogens is 2. The van der Waals surface area contributed by atoms with Crippen LogP contribution in [-0.4, -0.2) is 27.7 Å². The lowest BCUT2D eigenvalue weighted by Crippen LogP contribution is -2.20. The van der Waals surface area contributed by atoms with Crippen molar-refractivity contribution in [3.8, 4) is 6.01 Å². The Bertz CT molecular complexity index is 771. The predicted molar refractivity (Wildman–Crippen MR) is 65.4 cm³/mol. The fourth-order valence-electron chi connectivity index (χ4n) is 1.37. The van der Waals surface area contributed by atoms with Crippen molar-refractivity contribution in [1.29, 1.82) is 0 Å². The summed E-state index contributed by atoms with van der Waals surface area (Å²) in [7, 11) is 0. The van der Waals surface area contributed by atoms with Gasteiger partial charge in [-0.05, 0) is 15.9 Å². The summed E-state index contributed by atoms with van der Waals surface area (Å²) in [6, 6.07) is -0.00673. The molecule has 0 aliphatic carbocycles. The third-order valence-electron chi connectivity index (χ3n) is 2.20. The van der Waals surface area contributed by atoms with Crippen LogP contribution in [0.2, 0.25) is 0 Å². The van der Waals surface area contributed by atoms with Gasteiger partial charge in [0.25, 0.3) is 5.69 Å². The summed E-state index contributed by atoms with van der Waals surface area (Å²) in [4.78, 5) is 16.6. The second-order valence-electron chi connectivity index (χ2n) is 3.70. The van der Waals surface area contributed by atoms with Gasteiger partial charge in [0.1, 0.15) is 9.99 Å². The second kappa shape index (κ2) is 5.39. The molecule has 0 bridgehead atoms. The highest BCUT2D eigenvalue weighted by molar-refractivity contribution is 9.10. The van der Waals surface area contributed by atoms with Gasteiger partial charge >= 0.3 is 12.2 Å². The van der Waals surface area contributed by atoms with E-state index in [4.69, 9.17) is 1.37 Å². The highest BCUT2D eigenvalue weighted by Crippen LogP contribution is 2.33. The minimum Gasteiger partial charge on any atom is -0.454 e. The Morgan fingerprint density at radius 1 is 1.52 bits per heavy atom. The van der Waals surface area contributed by atoms with Gasteiger partial charge in [-0.3, -0.25) is 10.1 Å². The van der Waals surface area contributed by atoms with Crippen LogP contribution >= 0.6 is 15.9 Å². The minimum absolute atomic E-state index is 0.327. The molecule has 0 amide bonds.